The van der Waals surface area contributed by atoms with Gasteiger partial charge in [-0.25, -0.2) is 9.07 Å². The summed E-state index contributed by atoms with van der Waals surface area (Å²) < 4.78 is 15.1. The molecule has 0 unspecified atom stereocenters. The Labute approximate surface area is 149 Å². The van der Waals surface area contributed by atoms with Crippen LogP contribution >= 0.6 is 11.8 Å². The molecular formula is C18H19FN4OS. The number of ketones is 1. The predicted octanol–water partition coefficient (Wildman–Crippen LogP) is 3.80. The van der Waals surface area contributed by atoms with Gasteiger partial charge >= 0.3 is 0 Å². The number of thioether (sulfide) groups is 1. The van der Waals surface area contributed by atoms with E-state index < -0.39 is 0 Å². The van der Waals surface area contributed by atoms with Gasteiger partial charge in [-0.1, -0.05) is 37.7 Å². The van der Waals surface area contributed by atoms with Gasteiger partial charge in [-0.2, -0.15) is 4.98 Å². The smallest absolute Gasteiger partial charge is 0.227 e. The molecule has 1 aromatic heterocycles. The number of hydrogen-bond acceptors (Lipinski definition) is 5. The maximum atomic E-state index is 13.4. The number of carbonyl (C=O) groups is 1. The van der Waals surface area contributed by atoms with Crippen molar-refractivity contribution in [3.63, 3.8) is 0 Å². The molecule has 1 aliphatic carbocycles. The number of anilines is 1. The van der Waals surface area contributed by atoms with E-state index >= 15 is 0 Å². The summed E-state index contributed by atoms with van der Waals surface area (Å²) in [5.41, 5.74) is 2.50. The highest BCUT2D eigenvalue weighted by molar-refractivity contribution is 7.99. The minimum absolute atomic E-state index is 0.126. The summed E-state index contributed by atoms with van der Waals surface area (Å²) in [7, 11) is 0. The van der Waals surface area contributed by atoms with Gasteiger partial charge in [0.05, 0.1) is 0 Å². The lowest BCUT2D eigenvalue weighted by Gasteiger charge is -2.34. The summed E-state index contributed by atoms with van der Waals surface area (Å²) in [6, 6.07) is 5.93. The van der Waals surface area contributed by atoms with Gasteiger partial charge in [0.1, 0.15) is 11.9 Å². The molecule has 0 saturated carbocycles. The minimum Gasteiger partial charge on any atom is -0.328 e. The Kier molecular flexibility index (Phi) is 4.11. The molecule has 0 fully saturated rings. The van der Waals surface area contributed by atoms with Crippen LogP contribution in [0.1, 0.15) is 38.3 Å². The zero-order valence-electron chi connectivity index (χ0n) is 14.1. The second-order valence-electron chi connectivity index (χ2n) is 6.50. The third-order valence-corrected chi connectivity index (χ3v) is 5.28. The second-order valence-corrected chi connectivity index (χ2v) is 7.73. The van der Waals surface area contributed by atoms with Crippen molar-refractivity contribution in [1.82, 2.24) is 14.8 Å². The van der Waals surface area contributed by atoms with Gasteiger partial charge in [0.15, 0.2) is 5.78 Å². The molecule has 4 rings (SSSR count). The van der Waals surface area contributed by atoms with Crippen LogP contribution in [0.15, 0.2) is 40.7 Å². The number of nitrogens with zero attached hydrogens (tertiary/aromatic N) is 3. The Bertz CT molecular complexity index is 858. The molecule has 0 amide bonds. The number of aromatic nitrogens is 3. The van der Waals surface area contributed by atoms with Crippen LogP contribution in [0.25, 0.3) is 0 Å². The van der Waals surface area contributed by atoms with Gasteiger partial charge < -0.3 is 5.32 Å². The molecule has 0 bridgehead atoms. The van der Waals surface area contributed by atoms with Crippen LogP contribution in [0.3, 0.4) is 0 Å². The quantitative estimate of drug-likeness (QED) is 0.846. The maximum Gasteiger partial charge on any atom is 0.227 e. The number of nitrogens with one attached hydrogen (secondary N) is 1. The molecule has 2 aliphatic rings. The van der Waals surface area contributed by atoms with Crippen molar-refractivity contribution < 1.29 is 9.18 Å². The Morgan fingerprint density at radius 3 is 2.80 bits per heavy atom. The molecule has 1 N–H and O–H groups in total. The molecule has 2 atom stereocenters. The van der Waals surface area contributed by atoms with E-state index in [1.807, 2.05) is 6.92 Å². The lowest BCUT2D eigenvalue weighted by molar-refractivity contribution is -0.117. The highest BCUT2D eigenvalue weighted by atomic mass is 32.2. The molecule has 25 heavy (non-hydrogen) atoms. The zero-order chi connectivity index (χ0) is 17.6. The fraction of sp³-hybridized carbons (Fsp3) is 0.389. The lowest BCUT2D eigenvalue weighted by atomic mass is 9.81. The number of carbonyl (C=O) groups excluding carboxylic acids is 1. The first-order valence-corrected chi connectivity index (χ1v) is 9.43. The minimum atomic E-state index is -0.356. The molecule has 5 nitrogen and oxygen atoms in total. The Balaban J connectivity index is 1.86. The van der Waals surface area contributed by atoms with E-state index in [-0.39, 0.29) is 17.6 Å². The Morgan fingerprint density at radius 2 is 2.08 bits per heavy atom. The van der Waals surface area contributed by atoms with Gasteiger partial charge in [-0.3, -0.25) is 4.79 Å². The summed E-state index contributed by atoms with van der Waals surface area (Å²) in [6.07, 6.45) is 1.33. The Hall–Kier alpha value is -2.15. The highest BCUT2D eigenvalue weighted by Crippen LogP contribution is 2.41. The number of fused-ring (bicyclic) bond motifs is 1. The average Bonchev–Trinajstić information content (AvgIpc) is 2.96. The van der Waals surface area contributed by atoms with E-state index in [1.54, 1.807) is 28.6 Å². The second kappa shape index (κ2) is 6.29. The SMILES string of the molecule is CCSc1nc2n(n1)[C@H](c1ccc(F)cc1)C1=C(C[C@H](C)CC1=O)N2. The number of hydrogen-bond donors (Lipinski definition) is 1. The van der Waals surface area contributed by atoms with Crippen LogP contribution in [0.5, 0.6) is 0 Å². The van der Waals surface area contributed by atoms with E-state index in [0.717, 1.165) is 29.0 Å². The normalized spacial score (nSPS) is 22.4. The third kappa shape index (κ3) is 2.86. The predicted molar refractivity (Wildman–Crippen MR) is 95.0 cm³/mol. The summed E-state index contributed by atoms with van der Waals surface area (Å²) in [5, 5.41) is 8.58. The third-order valence-electron chi connectivity index (χ3n) is 4.56. The van der Waals surface area contributed by atoms with Crippen LogP contribution in [-0.2, 0) is 4.79 Å². The number of halogens is 1. The maximum absolute atomic E-state index is 13.4. The van der Waals surface area contributed by atoms with Gasteiger partial charge in [0.25, 0.3) is 0 Å². The van der Waals surface area contributed by atoms with E-state index in [9.17, 15) is 9.18 Å². The van der Waals surface area contributed by atoms with Crippen LogP contribution in [-0.4, -0.2) is 26.3 Å². The molecule has 1 aliphatic heterocycles. The number of Topliss-reactive ketones (excluding diaryl/α,β-unsaturated/α-hetero) is 1. The van der Waals surface area contributed by atoms with Crippen LogP contribution < -0.4 is 5.32 Å². The van der Waals surface area contributed by atoms with Crippen molar-refractivity contribution in [2.24, 2.45) is 5.92 Å². The van der Waals surface area contributed by atoms with Crippen molar-refractivity contribution in [2.45, 2.75) is 37.9 Å². The molecule has 0 saturated heterocycles. The first-order chi connectivity index (χ1) is 12.1. The molecular weight excluding hydrogens is 339 g/mol. The van der Waals surface area contributed by atoms with E-state index in [4.69, 9.17) is 0 Å². The number of allylic oxidation sites excluding steroid dienone is 2. The van der Waals surface area contributed by atoms with Gasteiger partial charge in [0, 0.05) is 17.7 Å². The van der Waals surface area contributed by atoms with Crippen molar-refractivity contribution in [3.05, 3.63) is 46.9 Å². The zero-order valence-corrected chi connectivity index (χ0v) is 14.9. The fourth-order valence-corrected chi connectivity index (χ4v) is 4.09. The van der Waals surface area contributed by atoms with Crippen LogP contribution in [0.4, 0.5) is 10.3 Å². The summed E-state index contributed by atoms with van der Waals surface area (Å²) >= 11 is 1.56. The molecule has 2 heterocycles. The summed E-state index contributed by atoms with van der Waals surface area (Å²) in [4.78, 5) is 17.4. The topological polar surface area (TPSA) is 59.8 Å². The summed E-state index contributed by atoms with van der Waals surface area (Å²) in [5.74, 6) is 1.64. The van der Waals surface area contributed by atoms with Crippen LogP contribution in [0, 0.1) is 11.7 Å². The molecule has 0 spiro atoms. The summed E-state index contributed by atoms with van der Waals surface area (Å²) in [6.45, 7) is 4.12. The van der Waals surface area contributed by atoms with E-state index in [1.165, 1.54) is 12.1 Å². The fourth-order valence-electron chi connectivity index (χ4n) is 3.53. The standard InChI is InChI=1S/C18H19FN4OS/c1-3-25-18-21-17-20-13-8-10(2)9-14(24)15(13)16(23(17)22-18)11-4-6-12(19)7-5-11/h4-7,10,16H,3,8-9H2,1-2H3,(H,20,21,22)/t10-,16+/m0/s1. The largest absolute Gasteiger partial charge is 0.328 e. The molecule has 1 aromatic carbocycles. The molecule has 0 radical (unpaired) electrons. The lowest BCUT2D eigenvalue weighted by Crippen LogP contribution is -2.33. The van der Waals surface area contributed by atoms with Crippen molar-refractivity contribution in [3.8, 4) is 0 Å². The molecule has 7 heteroatoms. The van der Waals surface area contributed by atoms with Gasteiger partial charge in [-0.15, -0.1) is 5.10 Å². The van der Waals surface area contributed by atoms with Crippen molar-refractivity contribution in [2.75, 3.05) is 11.1 Å². The first-order valence-electron chi connectivity index (χ1n) is 8.45. The van der Waals surface area contributed by atoms with Gasteiger partial charge in [0.2, 0.25) is 11.1 Å². The van der Waals surface area contributed by atoms with E-state index in [0.29, 0.717) is 23.4 Å². The van der Waals surface area contributed by atoms with E-state index in [2.05, 4.69) is 22.3 Å². The Morgan fingerprint density at radius 1 is 1.32 bits per heavy atom. The first kappa shape index (κ1) is 16.3. The highest BCUT2D eigenvalue weighted by Gasteiger charge is 2.38. The molecule has 130 valence electrons. The average molecular weight is 358 g/mol. The van der Waals surface area contributed by atoms with Gasteiger partial charge in [-0.05, 0) is 35.8 Å². The number of benzene rings is 1. The monoisotopic (exact) mass is 358 g/mol. The number of rotatable bonds is 3. The van der Waals surface area contributed by atoms with Crippen molar-refractivity contribution in [1.29, 1.82) is 0 Å². The van der Waals surface area contributed by atoms with Crippen molar-refractivity contribution >= 4 is 23.5 Å². The molecule has 2 aromatic rings. The van der Waals surface area contributed by atoms with Crippen LogP contribution in [0.2, 0.25) is 0 Å².